The lowest BCUT2D eigenvalue weighted by molar-refractivity contribution is -0.138. The molecule has 1 rings (SSSR count). The third kappa shape index (κ3) is 2.24. The number of carboxylic acid groups (broad SMARTS) is 1. The Morgan fingerprint density at radius 2 is 2.42 bits per heavy atom. The van der Waals surface area contributed by atoms with Gasteiger partial charge in [-0.15, -0.1) is 21.5 Å². The van der Waals surface area contributed by atoms with Crippen molar-refractivity contribution in [1.82, 2.24) is 10.2 Å². The highest BCUT2D eigenvalue weighted by Crippen LogP contribution is 2.09. The minimum atomic E-state index is -1.01. The molecule has 1 unspecified atom stereocenters. The number of aryl methyl sites for hydroxylation is 1. The maximum atomic E-state index is 10.3. The zero-order valence-electron chi connectivity index (χ0n) is 6.52. The number of rotatable bonds is 3. The molecule has 0 spiro atoms. The molecule has 0 amide bonds. The normalized spacial score (nSPS) is 12.8. The molecule has 6 heteroatoms. The van der Waals surface area contributed by atoms with Crippen LogP contribution in [0.5, 0.6) is 0 Å². The van der Waals surface area contributed by atoms with E-state index in [0.29, 0.717) is 5.01 Å². The quantitative estimate of drug-likeness (QED) is 0.684. The Labute approximate surface area is 73.2 Å². The van der Waals surface area contributed by atoms with E-state index in [0.717, 1.165) is 5.01 Å². The smallest absolute Gasteiger partial charge is 0.320 e. The van der Waals surface area contributed by atoms with Crippen LogP contribution in [0.15, 0.2) is 0 Å². The van der Waals surface area contributed by atoms with Crippen molar-refractivity contribution in [2.24, 2.45) is 5.73 Å². The lowest BCUT2D eigenvalue weighted by Crippen LogP contribution is -2.32. The Morgan fingerprint density at radius 1 is 1.75 bits per heavy atom. The predicted molar refractivity (Wildman–Crippen MR) is 44.0 cm³/mol. The SMILES string of the molecule is Cc1nnc(CC(N)C(=O)O)s1. The van der Waals surface area contributed by atoms with Crippen molar-refractivity contribution in [2.45, 2.75) is 19.4 Å². The Bertz CT molecular complexity index is 286. The van der Waals surface area contributed by atoms with E-state index in [9.17, 15) is 4.79 Å². The van der Waals surface area contributed by atoms with Gasteiger partial charge >= 0.3 is 5.97 Å². The average Bonchev–Trinajstić information content (AvgIpc) is 2.35. The summed E-state index contributed by atoms with van der Waals surface area (Å²) in [4.78, 5) is 10.3. The molecule has 3 N–H and O–H groups in total. The first-order valence-corrected chi connectivity index (χ1v) is 4.18. The minimum absolute atomic E-state index is 0.251. The van der Waals surface area contributed by atoms with E-state index in [-0.39, 0.29) is 6.42 Å². The van der Waals surface area contributed by atoms with Crippen molar-refractivity contribution in [2.75, 3.05) is 0 Å². The summed E-state index contributed by atoms with van der Waals surface area (Å²) in [5, 5.41) is 17.5. The number of aliphatic carboxylic acids is 1. The lowest BCUT2D eigenvalue weighted by atomic mass is 10.2. The van der Waals surface area contributed by atoms with E-state index >= 15 is 0 Å². The summed E-state index contributed by atoms with van der Waals surface area (Å²) in [6.45, 7) is 1.81. The van der Waals surface area contributed by atoms with Gasteiger partial charge < -0.3 is 10.8 Å². The highest BCUT2D eigenvalue weighted by molar-refractivity contribution is 7.11. The molecule has 0 aliphatic heterocycles. The number of aromatic nitrogens is 2. The summed E-state index contributed by atoms with van der Waals surface area (Å²) in [7, 11) is 0. The minimum Gasteiger partial charge on any atom is -0.480 e. The van der Waals surface area contributed by atoms with Gasteiger partial charge in [-0.1, -0.05) is 0 Å². The second-order valence-electron chi connectivity index (χ2n) is 2.36. The molecular weight excluding hydrogens is 178 g/mol. The molecular formula is C6H9N3O2S. The Balaban J connectivity index is 2.58. The van der Waals surface area contributed by atoms with Crippen LogP contribution in [0, 0.1) is 6.92 Å². The standard InChI is InChI=1S/C6H9N3O2S/c1-3-8-9-5(12-3)2-4(7)6(10)11/h4H,2,7H2,1H3,(H,10,11). The molecule has 0 aromatic carbocycles. The lowest BCUT2D eigenvalue weighted by Gasteiger charge is -2.00. The molecule has 0 aliphatic rings. The molecule has 0 saturated heterocycles. The van der Waals surface area contributed by atoms with Gasteiger partial charge in [-0.05, 0) is 6.92 Å². The number of carboxylic acids is 1. The maximum absolute atomic E-state index is 10.3. The fourth-order valence-electron chi connectivity index (χ4n) is 0.695. The maximum Gasteiger partial charge on any atom is 0.320 e. The Kier molecular flexibility index (Phi) is 2.72. The second kappa shape index (κ2) is 3.59. The van der Waals surface area contributed by atoms with Crippen LogP contribution in [0.25, 0.3) is 0 Å². The first-order valence-electron chi connectivity index (χ1n) is 3.37. The highest BCUT2D eigenvalue weighted by Gasteiger charge is 2.14. The third-order valence-corrected chi connectivity index (χ3v) is 2.14. The van der Waals surface area contributed by atoms with Gasteiger partial charge in [0, 0.05) is 6.42 Å². The molecule has 1 aromatic rings. The average molecular weight is 187 g/mol. The van der Waals surface area contributed by atoms with Crippen LogP contribution < -0.4 is 5.73 Å². The molecule has 0 saturated carbocycles. The summed E-state index contributed by atoms with van der Waals surface area (Å²) in [5.41, 5.74) is 5.30. The highest BCUT2D eigenvalue weighted by atomic mass is 32.1. The molecule has 1 heterocycles. The van der Waals surface area contributed by atoms with Crippen LogP contribution in [-0.2, 0) is 11.2 Å². The van der Waals surface area contributed by atoms with Gasteiger partial charge in [-0.25, -0.2) is 0 Å². The van der Waals surface area contributed by atoms with Gasteiger partial charge in [-0.3, -0.25) is 4.79 Å². The first-order chi connectivity index (χ1) is 5.59. The topological polar surface area (TPSA) is 89.1 Å². The predicted octanol–water partition coefficient (Wildman–Crippen LogP) is -0.199. The summed E-state index contributed by atoms with van der Waals surface area (Å²) in [6, 6.07) is -0.877. The molecule has 0 radical (unpaired) electrons. The van der Waals surface area contributed by atoms with Crippen molar-refractivity contribution in [3.8, 4) is 0 Å². The Hall–Kier alpha value is -1.01. The van der Waals surface area contributed by atoms with Crippen LogP contribution in [0.1, 0.15) is 10.0 Å². The molecule has 0 aliphatic carbocycles. The number of carbonyl (C=O) groups is 1. The largest absolute Gasteiger partial charge is 0.480 e. The van der Waals surface area contributed by atoms with Crippen molar-refractivity contribution in [3.05, 3.63) is 10.0 Å². The van der Waals surface area contributed by atoms with Crippen molar-refractivity contribution >= 4 is 17.3 Å². The first kappa shape index (κ1) is 9.08. The fourth-order valence-corrected chi connectivity index (χ4v) is 1.46. The van der Waals surface area contributed by atoms with Crippen LogP contribution in [0.4, 0.5) is 0 Å². The number of hydrogen-bond acceptors (Lipinski definition) is 5. The zero-order chi connectivity index (χ0) is 9.14. The van der Waals surface area contributed by atoms with Crippen molar-refractivity contribution in [1.29, 1.82) is 0 Å². The van der Waals surface area contributed by atoms with E-state index in [1.54, 1.807) is 0 Å². The van der Waals surface area contributed by atoms with E-state index in [1.165, 1.54) is 11.3 Å². The second-order valence-corrected chi connectivity index (χ2v) is 3.63. The number of nitrogens with zero attached hydrogens (tertiary/aromatic N) is 2. The number of hydrogen-bond donors (Lipinski definition) is 2. The van der Waals surface area contributed by atoms with Gasteiger partial charge in [0.25, 0.3) is 0 Å². The van der Waals surface area contributed by atoms with Crippen LogP contribution in [0.2, 0.25) is 0 Å². The van der Waals surface area contributed by atoms with Crippen molar-refractivity contribution < 1.29 is 9.90 Å². The van der Waals surface area contributed by atoms with Crippen LogP contribution in [0.3, 0.4) is 0 Å². The fraction of sp³-hybridized carbons (Fsp3) is 0.500. The molecule has 1 atom stereocenters. The van der Waals surface area contributed by atoms with E-state index in [4.69, 9.17) is 10.8 Å². The molecule has 0 bridgehead atoms. The van der Waals surface area contributed by atoms with Gasteiger partial charge in [0.2, 0.25) is 0 Å². The third-order valence-electron chi connectivity index (χ3n) is 1.28. The van der Waals surface area contributed by atoms with E-state index in [2.05, 4.69) is 10.2 Å². The van der Waals surface area contributed by atoms with Crippen LogP contribution in [-0.4, -0.2) is 27.3 Å². The molecule has 5 nitrogen and oxygen atoms in total. The number of nitrogens with two attached hydrogens (primary N) is 1. The molecule has 1 aromatic heterocycles. The van der Waals surface area contributed by atoms with Gasteiger partial charge in [0.15, 0.2) is 0 Å². The summed E-state index contributed by atoms with van der Waals surface area (Å²) in [6.07, 6.45) is 0.251. The summed E-state index contributed by atoms with van der Waals surface area (Å²) in [5.74, 6) is -1.01. The van der Waals surface area contributed by atoms with Gasteiger partial charge in [-0.2, -0.15) is 0 Å². The molecule has 0 fully saturated rings. The summed E-state index contributed by atoms with van der Waals surface area (Å²) < 4.78 is 0. The van der Waals surface area contributed by atoms with Gasteiger partial charge in [0.1, 0.15) is 16.1 Å². The van der Waals surface area contributed by atoms with Crippen molar-refractivity contribution in [3.63, 3.8) is 0 Å². The molecule has 66 valence electrons. The van der Waals surface area contributed by atoms with E-state index < -0.39 is 12.0 Å². The van der Waals surface area contributed by atoms with Crippen LogP contribution >= 0.6 is 11.3 Å². The monoisotopic (exact) mass is 187 g/mol. The summed E-state index contributed by atoms with van der Waals surface area (Å²) >= 11 is 1.37. The Morgan fingerprint density at radius 3 is 2.83 bits per heavy atom. The van der Waals surface area contributed by atoms with Gasteiger partial charge in [0.05, 0.1) is 0 Å². The zero-order valence-corrected chi connectivity index (χ0v) is 7.34. The van der Waals surface area contributed by atoms with E-state index in [1.807, 2.05) is 6.92 Å². The molecule has 12 heavy (non-hydrogen) atoms.